The number of hydrogen-bond acceptors (Lipinski definition) is 3. The zero-order chi connectivity index (χ0) is 14.5. The van der Waals surface area contributed by atoms with Crippen LogP contribution in [0.1, 0.15) is 22.7 Å². The number of nitrogens with one attached hydrogen (secondary N) is 1. The first kappa shape index (κ1) is 15.5. The summed E-state index contributed by atoms with van der Waals surface area (Å²) in [5.74, 6) is 0.955. The lowest BCUT2D eigenvalue weighted by Gasteiger charge is -2.19. The Hall–Kier alpha value is -0.840. The molecule has 0 aliphatic heterocycles. The number of hydrogen-bond donors (Lipinski definition) is 1. The van der Waals surface area contributed by atoms with Gasteiger partial charge < -0.3 is 5.32 Å². The van der Waals surface area contributed by atoms with E-state index in [1.807, 2.05) is 25.4 Å². The van der Waals surface area contributed by atoms with E-state index in [2.05, 4.69) is 58.3 Å². The maximum absolute atomic E-state index is 4.41. The van der Waals surface area contributed by atoms with E-state index in [-0.39, 0.29) is 0 Å². The quantitative estimate of drug-likeness (QED) is 0.802. The molecule has 0 aliphatic rings. The van der Waals surface area contributed by atoms with Crippen LogP contribution in [0.4, 0.5) is 0 Å². The van der Waals surface area contributed by atoms with Crippen molar-refractivity contribution in [2.45, 2.75) is 24.9 Å². The molecule has 0 spiro atoms. The summed E-state index contributed by atoms with van der Waals surface area (Å²) in [6, 6.07) is 10.9. The Labute approximate surface area is 133 Å². The van der Waals surface area contributed by atoms with Gasteiger partial charge in [-0.1, -0.05) is 23.8 Å². The molecular formula is C16H19BrN2S. The van der Waals surface area contributed by atoms with Gasteiger partial charge >= 0.3 is 0 Å². The van der Waals surface area contributed by atoms with Crippen molar-refractivity contribution in [2.75, 3.05) is 12.8 Å². The van der Waals surface area contributed by atoms with E-state index in [1.165, 1.54) is 16.7 Å². The summed E-state index contributed by atoms with van der Waals surface area (Å²) >= 11 is 5.32. The molecule has 2 rings (SSSR count). The zero-order valence-corrected chi connectivity index (χ0v) is 14.4. The monoisotopic (exact) mass is 350 g/mol. The first-order valence-electron chi connectivity index (χ1n) is 6.59. The summed E-state index contributed by atoms with van der Waals surface area (Å²) in [6.07, 6.45) is 1.83. The highest BCUT2D eigenvalue weighted by Crippen LogP contribution is 2.29. The highest BCUT2D eigenvalue weighted by molar-refractivity contribution is 9.10. The number of benzene rings is 1. The van der Waals surface area contributed by atoms with Gasteiger partial charge in [-0.25, -0.2) is 4.98 Å². The molecule has 1 atom stereocenters. The predicted octanol–water partition coefficient (Wildman–Crippen LogP) is 4.51. The van der Waals surface area contributed by atoms with Crippen molar-refractivity contribution in [1.82, 2.24) is 10.3 Å². The van der Waals surface area contributed by atoms with Crippen LogP contribution in [-0.4, -0.2) is 17.8 Å². The maximum Gasteiger partial charge on any atom is 0.110 e. The maximum atomic E-state index is 4.41. The smallest absolute Gasteiger partial charge is 0.110 e. The van der Waals surface area contributed by atoms with Gasteiger partial charge in [0.15, 0.2) is 0 Å². The van der Waals surface area contributed by atoms with Gasteiger partial charge in [0, 0.05) is 22.5 Å². The summed E-state index contributed by atoms with van der Waals surface area (Å²) in [5, 5.41) is 4.45. The summed E-state index contributed by atoms with van der Waals surface area (Å²) in [5.41, 5.74) is 4.00. The normalized spacial score (nSPS) is 12.4. The molecule has 0 fully saturated rings. The first-order valence-corrected chi connectivity index (χ1v) is 8.37. The fourth-order valence-electron chi connectivity index (χ4n) is 2.10. The van der Waals surface area contributed by atoms with Crippen LogP contribution in [0, 0.1) is 13.8 Å². The fourth-order valence-corrected chi connectivity index (χ4v) is 3.71. The van der Waals surface area contributed by atoms with Crippen molar-refractivity contribution in [3.63, 3.8) is 0 Å². The predicted molar refractivity (Wildman–Crippen MR) is 90.4 cm³/mol. The van der Waals surface area contributed by atoms with Crippen LogP contribution in [0.5, 0.6) is 0 Å². The Balaban J connectivity index is 2.13. The van der Waals surface area contributed by atoms with Crippen LogP contribution in [0.25, 0.3) is 0 Å². The molecule has 0 aliphatic carbocycles. The average Bonchev–Trinajstić information content (AvgIpc) is 2.45. The summed E-state index contributed by atoms with van der Waals surface area (Å²) in [4.78, 5) is 4.41. The number of pyridine rings is 1. The van der Waals surface area contributed by atoms with Crippen molar-refractivity contribution < 1.29 is 0 Å². The molecule has 1 aromatic heterocycles. The van der Waals surface area contributed by atoms with E-state index >= 15 is 0 Å². The molecule has 0 radical (unpaired) electrons. The number of aryl methyl sites for hydroxylation is 2. The Bertz CT molecular complexity index is 586. The van der Waals surface area contributed by atoms with E-state index in [0.717, 1.165) is 15.3 Å². The lowest BCUT2D eigenvalue weighted by Crippen LogP contribution is -2.20. The largest absolute Gasteiger partial charge is 0.312 e. The zero-order valence-electron chi connectivity index (χ0n) is 12.0. The topological polar surface area (TPSA) is 24.9 Å². The third-order valence-corrected chi connectivity index (χ3v) is 5.27. The number of thioether (sulfide) groups is 1. The Morgan fingerprint density at radius 3 is 2.80 bits per heavy atom. The van der Waals surface area contributed by atoms with Gasteiger partial charge in [-0.2, -0.15) is 0 Å². The van der Waals surface area contributed by atoms with Crippen molar-refractivity contribution in [2.24, 2.45) is 0 Å². The minimum atomic E-state index is 0.328. The van der Waals surface area contributed by atoms with Gasteiger partial charge in [-0.3, -0.25) is 0 Å². The van der Waals surface area contributed by atoms with Crippen molar-refractivity contribution >= 4 is 27.7 Å². The molecule has 0 amide bonds. The van der Waals surface area contributed by atoms with Gasteiger partial charge in [0.25, 0.3) is 0 Å². The Kier molecular flexibility index (Phi) is 5.64. The molecule has 0 saturated heterocycles. The van der Waals surface area contributed by atoms with E-state index in [4.69, 9.17) is 0 Å². The number of halogens is 1. The van der Waals surface area contributed by atoms with Gasteiger partial charge in [-0.05, 0) is 60.1 Å². The van der Waals surface area contributed by atoms with E-state index in [9.17, 15) is 0 Å². The highest BCUT2D eigenvalue weighted by atomic mass is 79.9. The Morgan fingerprint density at radius 2 is 2.10 bits per heavy atom. The second-order valence-electron chi connectivity index (χ2n) is 4.80. The molecular weight excluding hydrogens is 332 g/mol. The molecule has 0 saturated carbocycles. The summed E-state index contributed by atoms with van der Waals surface area (Å²) < 4.78 is 1.06. The third kappa shape index (κ3) is 3.84. The Morgan fingerprint density at radius 1 is 1.30 bits per heavy atom. The van der Waals surface area contributed by atoms with Crippen molar-refractivity contribution in [3.8, 4) is 0 Å². The lowest BCUT2D eigenvalue weighted by molar-refractivity contribution is 0.657. The van der Waals surface area contributed by atoms with Gasteiger partial charge in [0.1, 0.15) is 5.03 Å². The van der Waals surface area contributed by atoms with Crippen LogP contribution in [0.3, 0.4) is 0 Å². The van der Waals surface area contributed by atoms with Crippen LogP contribution in [-0.2, 0) is 0 Å². The van der Waals surface area contributed by atoms with Gasteiger partial charge in [0.2, 0.25) is 0 Å². The fraction of sp³-hybridized carbons (Fsp3) is 0.312. The van der Waals surface area contributed by atoms with Crippen LogP contribution < -0.4 is 5.32 Å². The van der Waals surface area contributed by atoms with Gasteiger partial charge in [0.05, 0.1) is 0 Å². The molecule has 1 aromatic carbocycles. The summed E-state index contributed by atoms with van der Waals surface area (Å²) in [6.45, 7) is 4.30. The molecule has 0 bridgehead atoms. The summed E-state index contributed by atoms with van der Waals surface area (Å²) in [7, 11) is 2.01. The second-order valence-corrected chi connectivity index (χ2v) is 6.67. The number of aromatic nitrogens is 1. The molecule has 2 nitrogen and oxygen atoms in total. The molecule has 2 aromatic rings. The van der Waals surface area contributed by atoms with Crippen LogP contribution >= 0.6 is 27.7 Å². The van der Waals surface area contributed by atoms with Crippen LogP contribution in [0.15, 0.2) is 46.0 Å². The van der Waals surface area contributed by atoms with E-state index < -0.39 is 0 Å². The van der Waals surface area contributed by atoms with E-state index in [1.54, 1.807) is 11.8 Å². The molecule has 1 heterocycles. The molecule has 106 valence electrons. The van der Waals surface area contributed by atoms with Crippen LogP contribution in [0.2, 0.25) is 0 Å². The average molecular weight is 351 g/mol. The van der Waals surface area contributed by atoms with Crippen molar-refractivity contribution in [1.29, 1.82) is 0 Å². The van der Waals surface area contributed by atoms with Gasteiger partial charge in [-0.15, -0.1) is 11.8 Å². The van der Waals surface area contributed by atoms with E-state index in [0.29, 0.717) is 6.04 Å². The number of nitrogens with zero attached hydrogens (tertiary/aromatic N) is 1. The minimum absolute atomic E-state index is 0.328. The molecule has 4 heteroatoms. The number of rotatable bonds is 5. The third-order valence-electron chi connectivity index (χ3n) is 3.27. The lowest BCUT2D eigenvalue weighted by atomic mass is 10.0. The molecule has 1 unspecified atom stereocenters. The molecule has 20 heavy (non-hydrogen) atoms. The standard InChI is InChI=1S/C16H19BrN2S/c1-11-6-7-12(2)13(9-11)15(18-3)10-20-16-14(17)5-4-8-19-16/h4-9,15,18H,10H2,1-3H3. The molecule has 1 N–H and O–H groups in total. The first-order chi connectivity index (χ1) is 9.61. The SMILES string of the molecule is CNC(CSc1ncccc1Br)c1cc(C)ccc1C. The minimum Gasteiger partial charge on any atom is -0.312 e. The second kappa shape index (κ2) is 7.25. The highest BCUT2D eigenvalue weighted by Gasteiger charge is 2.13. The van der Waals surface area contributed by atoms with Crippen molar-refractivity contribution in [3.05, 3.63) is 57.7 Å².